The highest BCUT2D eigenvalue weighted by Crippen LogP contribution is 2.15. The normalized spacial score (nSPS) is 12.2. The summed E-state index contributed by atoms with van der Waals surface area (Å²) in [5, 5.41) is 3.08. The molecular weight excluding hydrogens is 229 g/mol. The van der Waals surface area contributed by atoms with Gasteiger partial charge in [-0.1, -0.05) is 24.9 Å². The zero-order valence-electron chi connectivity index (χ0n) is 9.39. The van der Waals surface area contributed by atoms with Crippen LogP contribution in [0, 0.1) is 5.82 Å². The van der Waals surface area contributed by atoms with Crippen LogP contribution in [0.25, 0.3) is 0 Å². The summed E-state index contributed by atoms with van der Waals surface area (Å²) in [6, 6.07) is 3.99. The zero-order valence-corrected chi connectivity index (χ0v) is 10.1. The summed E-state index contributed by atoms with van der Waals surface area (Å²) in [6.07, 6.45) is 1.84. The lowest BCUT2D eigenvalue weighted by molar-refractivity contribution is 0.0934. The molecule has 1 amide bonds. The van der Waals surface area contributed by atoms with Gasteiger partial charge < -0.3 is 5.32 Å². The van der Waals surface area contributed by atoms with E-state index in [-0.39, 0.29) is 11.6 Å². The Bertz CT molecular complexity index is 381. The van der Waals surface area contributed by atoms with Crippen LogP contribution < -0.4 is 5.32 Å². The third-order valence-electron chi connectivity index (χ3n) is 2.27. The maximum Gasteiger partial charge on any atom is 0.254 e. The Balaban J connectivity index is 2.76. The summed E-state index contributed by atoms with van der Waals surface area (Å²) in [5.41, 5.74) is -0.00421. The van der Waals surface area contributed by atoms with E-state index in [0.717, 1.165) is 12.8 Å². The fourth-order valence-electron chi connectivity index (χ4n) is 1.48. The van der Waals surface area contributed by atoms with Gasteiger partial charge in [0.2, 0.25) is 0 Å². The SMILES string of the molecule is CCCC(C)NC(=O)c1cc(Cl)ccc1F. The lowest BCUT2D eigenvalue weighted by Gasteiger charge is -2.13. The van der Waals surface area contributed by atoms with Gasteiger partial charge in [0.15, 0.2) is 0 Å². The number of amides is 1. The maximum absolute atomic E-state index is 13.3. The lowest BCUT2D eigenvalue weighted by Crippen LogP contribution is -2.32. The molecule has 0 bridgehead atoms. The van der Waals surface area contributed by atoms with Gasteiger partial charge in [-0.2, -0.15) is 0 Å². The van der Waals surface area contributed by atoms with Crippen molar-refractivity contribution >= 4 is 17.5 Å². The van der Waals surface area contributed by atoms with Crippen molar-refractivity contribution in [1.82, 2.24) is 5.32 Å². The second-order valence-electron chi connectivity index (χ2n) is 3.79. The summed E-state index contributed by atoms with van der Waals surface area (Å²) >= 11 is 5.71. The first-order valence-electron chi connectivity index (χ1n) is 5.30. The fourth-order valence-corrected chi connectivity index (χ4v) is 1.65. The second-order valence-corrected chi connectivity index (χ2v) is 4.22. The van der Waals surface area contributed by atoms with Crippen LogP contribution in [0.2, 0.25) is 5.02 Å². The largest absolute Gasteiger partial charge is 0.349 e. The molecule has 0 saturated heterocycles. The van der Waals surface area contributed by atoms with E-state index in [1.165, 1.54) is 18.2 Å². The van der Waals surface area contributed by atoms with Crippen molar-refractivity contribution in [3.63, 3.8) is 0 Å². The summed E-state index contributed by atoms with van der Waals surface area (Å²) in [6.45, 7) is 3.92. The standard InChI is InChI=1S/C12H15ClFNO/c1-3-4-8(2)15-12(16)10-7-9(13)5-6-11(10)14/h5-8H,3-4H2,1-2H3,(H,15,16). The van der Waals surface area contributed by atoms with Crippen molar-refractivity contribution in [2.45, 2.75) is 32.7 Å². The van der Waals surface area contributed by atoms with Gasteiger partial charge in [-0.15, -0.1) is 0 Å². The highest BCUT2D eigenvalue weighted by molar-refractivity contribution is 6.30. The van der Waals surface area contributed by atoms with Crippen LogP contribution in [0.5, 0.6) is 0 Å². The number of rotatable bonds is 4. The number of nitrogens with one attached hydrogen (secondary N) is 1. The van der Waals surface area contributed by atoms with Gasteiger partial charge in [-0.25, -0.2) is 4.39 Å². The molecule has 0 heterocycles. The van der Waals surface area contributed by atoms with E-state index in [2.05, 4.69) is 5.32 Å². The van der Waals surface area contributed by atoms with E-state index < -0.39 is 11.7 Å². The predicted molar refractivity (Wildman–Crippen MR) is 63.2 cm³/mol. The summed E-state index contributed by atoms with van der Waals surface area (Å²) < 4.78 is 13.3. The maximum atomic E-state index is 13.3. The molecule has 16 heavy (non-hydrogen) atoms. The molecule has 0 aliphatic rings. The quantitative estimate of drug-likeness (QED) is 0.863. The molecular formula is C12H15ClFNO. The van der Waals surface area contributed by atoms with Gasteiger partial charge in [0.1, 0.15) is 5.82 Å². The molecule has 1 rings (SSSR count). The smallest absolute Gasteiger partial charge is 0.254 e. The number of carbonyl (C=O) groups excluding carboxylic acids is 1. The first kappa shape index (κ1) is 13.0. The Labute approximate surface area is 99.8 Å². The van der Waals surface area contributed by atoms with Crippen LogP contribution in [0.3, 0.4) is 0 Å². The molecule has 88 valence electrons. The van der Waals surface area contributed by atoms with E-state index in [0.29, 0.717) is 5.02 Å². The van der Waals surface area contributed by atoms with E-state index in [1.807, 2.05) is 13.8 Å². The van der Waals surface area contributed by atoms with E-state index >= 15 is 0 Å². The van der Waals surface area contributed by atoms with Crippen LogP contribution in [-0.4, -0.2) is 11.9 Å². The Kier molecular flexibility index (Phi) is 4.74. The summed E-state index contributed by atoms with van der Waals surface area (Å²) in [4.78, 5) is 11.7. The molecule has 4 heteroatoms. The van der Waals surface area contributed by atoms with Crippen molar-refractivity contribution in [2.24, 2.45) is 0 Å². The molecule has 0 spiro atoms. The Morgan fingerprint density at radius 1 is 1.56 bits per heavy atom. The monoisotopic (exact) mass is 243 g/mol. The van der Waals surface area contributed by atoms with Crippen LogP contribution in [0.1, 0.15) is 37.0 Å². The highest BCUT2D eigenvalue weighted by Gasteiger charge is 2.13. The van der Waals surface area contributed by atoms with Crippen molar-refractivity contribution in [3.05, 3.63) is 34.6 Å². The number of halogens is 2. The van der Waals surface area contributed by atoms with Crippen molar-refractivity contribution in [3.8, 4) is 0 Å². The fraction of sp³-hybridized carbons (Fsp3) is 0.417. The van der Waals surface area contributed by atoms with Crippen molar-refractivity contribution in [1.29, 1.82) is 0 Å². The topological polar surface area (TPSA) is 29.1 Å². The van der Waals surface area contributed by atoms with E-state index in [9.17, 15) is 9.18 Å². The molecule has 2 nitrogen and oxygen atoms in total. The molecule has 0 radical (unpaired) electrons. The molecule has 0 saturated carbocycles. The average molecular weight is 244 g/mol. The molecule has 0 aliphatic heterocycles. The molecule has 1 N–H and O–H groups in total. The minimum absolute atomic E-state index is 0.00421. The molecule has 1 aromatic rings. The number of carbonyl (C=O) groups is 1. The molecule has 0 fully saturated rings. The Morgan fingerprint density at radius 3 is 2.88 bits per heavy atom. The Hall–Kier alpha value is -1.09. The molecule has 1 atom stereocenters. The van der Waals surface area contributed by atoms with Crippen molar-refractivity contribution in [2.75, 3.05) is 0 Å². The first-order chi connectivity index (χ1) is 7.54. The van der Waals surface area contributed by atoms with Crippen LogP contribution >= 0.6 is 11.6 Å². The van der Waals surface area contributed by atoms with E-state index in [1.54, 1.807) is 0 Å². The van der Waals surface area contributed by atoms with Gasteiger partial charge in [-0.3, -0.25) is 4.79 Å². The number of benzene rings is 1. The van der Waals surface area contributed by atoms with Crippen LogP contribution in [-0.2, 0) is 0 Å². The minimum atomic E-state index is -0.550. The van der Waals surface area contributed by atoms with Gasteiger partial charge in [0.25, 0.3) is 5.91 Å². The van der Waals surface area contributed by atoms with Gasteiger partial charge >= 0.3 is 0 Å². The first-order valence-corrected chi connectivity index (χ1v) is 5.68. The second kappa shape index (κ2) is 5.85. The Morgan fingerprint density at radius 2 is 2.25 bits per heavy atom. The van der Waals surface area contributed by atoms with Gasteiger partial charge in [-0.05, 0) is 31.5 Å². The van der Waals surface area contributed by atoms with Crippen molar-refractivity contribution < 1.29 is 9.18 Å². The predicted octanol–water partition coefficient (Wildman–Crippen LogP) is 3.40. The molecule has 0 aromatic heterocycles. The third-order valence-corrected chi connectivity index (χ3v) is 2.51. The lowest BCUT2D eigenvalue weighted by atomic mass is 10.1. The van der Waals surface area contributed by atoms with Crippen LogP contribution in [0.15, 0.2) is 18.2 Å². The molecule has 1 aromatic carbocycles. The summed E-state index contributed by atoms with van der Waals surface area (Å²) in [7, 11) is 0. The van der Waals surface area contributed by atoms with Gasteiger partial charge in [0.05, 0.1) is 5.56 Å². The summed E-state index contributed by atoms with van der Waals surface area (Å²) in [5.74, 6) is -0.966. The number of hydrogen-bond donors (Lipinski definition) is 1. The zero-order chi connectivity index (χ0) is 12.1. The number of hydrogen-bond acceptors (Lipinski definition) is 1. The third kappa shape index (κ3) is 3.49. The highest BCUT2D eigenvalue weighted by atomic mass is 35.5. The van der Waals surface area contributed by atoms with Crippen LogP contribution in [0.4, 0.5) is 4.39 Å². The minimum Gasteiger partial charge on any atom is -0.349 e. The average Bonchev–Trinajstić information content (AvgIpc) is 2.21. The molecule has 1 unspecified atom stereocenters. The van der Waals surface area contributed by atoms with Gasteiger partial charge in [0, 0.05) is 11.1 Å². The van der Waals surface area contributed by atoms with E-state index in [4.69, 9.17) is 11.6 Å². The molecule has 0 aliphatic carbocycles.